The number of H-pyrrole nitrogens is 1. The summed E-state index contributed by atoms with van der Waals surface area (Å²) in [6.07, 6.45) is 1.21. The van der Waals surface area contributed by atoms with Crippen molar-refractivity contribution in [3.05, 3.63) is 90.0 Å². The van der Waals surface area contributed by atoms with Gasteiger partial charge in [-0.15, -0.1) is 0 Å². The SMILES string of the molecule is CC1CC(C)(C)c2cccc(-n3c4ccccc4c4c5c(ccc43)[nH]c3ccccc35)c2C1(C)C. The Balaban J connectivity index is 1.69. The zero-order valence-corrected chi connectivity index (χ0v) is 21.2. The number of aromatic amines is 1. The molecule has 1 aliphatic carbocycles. The molecule has 174 valence electrons. The summed E-state index contributed by atoms with van der Waals surface area (Å²) in [6.45, 7) is 12.2. The van der Waals surface area contributed by atoms with Crippen LogP contribution in [0, 0.1) is 5.92 Å². The summed E-state index contributed by atoms with van der Waals surface area (Å²) in [4.78, 5) is 3.65. The Kier molecular flexibility index (Phi) is 4.04. The summed E-state index contributed by atoms with van der Waals surface area (Å²) < 4.78 is 2.54. The second-order valence-electron chi connectivity index (χ2n) is 11.8. The van der Waals surface area contributed by atoms with E-state index in [-0.39, 0.29) is 10.8 Å². The molecule has 0 bridgehead atoms. The molecule has 2 aromatic heterocycles. The van der Waals surface area contributed by atoms with Gasteiger partial charge in [-0.1, -0.05) is 83.1 Å². The van der Waals surface area contributed by atoms with Gasteiger partial charge in [-0.05, 0) is 64.6 Å². The number of rotatable bonds is 1. The van der Waals surface area contributed by atoms with E-state index in [1.807, 2.05) is 0 Å². The van der Waals surface area contributed by atoms with Gasteiger partial charge in [-0.25, -0.2) is 0 Å². The highest BCUT2D eigenvalue weighted by Gasteiger charge is 2.43. The molecule has 0 fully saturated rings. The topological polar surface area (TPSA) is 20.7 Å². The molecule has 1 unspecified atom stereocenters. The highest BCUT2D eigenvalue weighted by molar-refractivity contribution is 6.28. The number of benzene rings is 4. The third kappa shape index (κ3) is 2.66. The highest BCUT2D eigenvalue weighted by Crippen LogP contribution is 2.52. The maximum absolute atomic E-state index is 3.65. The molecule has 2 nitrogen and oxygen atoms in total. The Bertz CT molecular complexity index is 1790. The Morgan fingerprint density at radius 3 is 2.29 bits per heavy atom. The van der Waals surface area contributed by atoms with Crippen LogP contribution in [0.25, 0.3) is 49.3 Å². The Morgan fingerprint density at radius 1 is 0.714 bits per heavy atom. The van der Waals surface area contributed by atoms with E-state index < -0.39 is 0 Å². The molecule has 2 heterocycles. The normalized spacial score (nSPS) is 19.1. The minimum Gasteiger partial charge on any atom is -0.354 e. The second kappa shape index (κ2) is 6.79. The predicted molar refractivity (Wildman–Crippen MR) is 150 cm³/mol. The zero-order valence-electron chi connectivity index (χ0n) is 21.2. The van der Waals surface area contributed by atoms with Crippen molar-refractivity contribution in [2.45, 2.75) is 51.9 Å². The van der Waals surface area contributed by atoms with Gasteiger partial charge in [0.15, 0.2) is 0 Å². The molecule has 0 aliphatic heterocycles. The summed E-state index contributed by atoms with van der Waals surface area (Å²) in [5.41, 5.74) is 9.53. The van der Waals surface area contributed by atoms with Crippen LogP contribution in [0.15, 0.2) is 78.9 Å². The molecular weight excluding hydrogens is 424 g/mol. The summed E-state index contributed by atoms with van der Waals surface area (Å²) in [7, 11) is 0. The number of nitrogens with zero attached hydrogens (tertiary/aromatic N) is 1. The maximum atomic E-state index is 3.65. The number of aromatic nitrogens is 2. The smallest absolute Gasteiger partial charge is 0.0549 e. The van der Waals surface area contributed by atoms with E-state index in [9.17, 15) is 0 Å². The van der Waals surface area contributed by atoms with Crippen LogP contribution >= 0.6 is 0 Å². The number of nitrogens with one attached hydrogen (secondary N) is 1. The van der Waals surface area contributed by atoms with Crippen molar-refractivity contribution in [3.63, 3.8) is 0 Å². The van der Waals surface area contributed by atoms with E-state index in [2.05, 4.69) is 123 Å². The molecule has 2 heteroatoms. The summed E-state index contributed by atoms with van der Waals surface area (Å²) in [6, 6.07) is 29.2. The first-order chi connectivity index (χ1) is 16.8. The van der Waals surface area contributed by atoms with Crippen LogP contribution in [0.3, 0.4) is 0 Å². The van der Waals surface area contributed by atoms with Gasteiger partial charge >= 0.3 is 0 Å². The summed E-state index contributed by atoms with van der Waals surface area (Å²) in [5.74, 6) is 0.597. The first kappa shape index (κ1) is 20.8. The molecule has 7 rings (SSSR count). The maximum Gasteiger partial charge on any atom is 0.0549 e. The molecule has 0 saturated heterocycles. The number of hydrogen-bond acceptors (Lipinski definition) is 0. The Morgan fingerprint density at radius 2 is 1.46 bits per heavy atom. The van der Waals surface area contributed by atoms with Crippen LogP contribution in [-0.4, -0.2) is 9.55 Å². The molecular formula is C33H32N2. The van der Waals surface area contributed by atoms with Gasteiger partial charge < -0.3 is 9.55 Å². The molecule has 0 saturated carbocycles. The Labute approximate surface area is 206 Å². The van der Waals surface area contributed by atoms with Crippen molar-refractivity contribution in [1.29, 1.82) is 0 Å². The lowest BCUT2D eigenvalue weighted by molar-refractivity contribution is 0.233. The minimum absolute atomic E-state index is 0.0873. The highest BCUT2D eigenvalue weighted by atomic mass is 15.0. The average Bonchev–Trinajstić information content (AvgIpc) is 3.38. The number of para-hydroxylation sites is 2. The summed E-state index contributed by atoms with van der Waals surface area (Å²) in [5, 5.41) is 5.28. The van der Waals surface area contributed by atoms with Crippen LogP contribution in [0.2, 0.25) is 0 Å². The standard InChI is InChI=1S/C33H32N2/c1-20-19-32(2,3)23-13-10-16-28(31(23)33(20,4)5)35-26-15-9-7-12-22(26)30-27(35)18-17-25-29(30)21-11-6-8-14-24(21)34-25/h6-18,20,34H,19H2,1-5H3. The van der Waals surface area contributed by atoms with Gasteiger partial charge in [0.2, 0.25) is 0 Å². The van der Waals surface area contributed by atoms with Gasteiger partial charge in [0, 0.05) is 32.6 Å². The van der Waals surface area contributed by atoms with Crippen LogP contribution in [-0.2, 0) is 10.8 Å². The molecule has 1 atom stereocenters. The van der Waals surface area contributed by atoms with E-state index in [0.29, 0.717) is 5.92 Å². The average molecular weight is 457 g/mol. The number of hydrogen-bond donors (Lipinski definition) is 1. The molecule has 0 spiro atoms. The van der Waals surface area contributed by atoms with Crippen molar-refractivity contribution in [2.24, 2.45) is 5.92 Å². The van der Waals surface area contributed by atoms with E-state index in [0.717, 1.165) is 0 Å². The van der Waals surface area contributed by atoms with Gasteiger partial charge in [0.1, 0.15) is 0 Å². The lowest BCUT2D eigenvalue weighted by Crippen LogP contribution is -2.41. The van der Waals surface area contributed by atoms with Gasteiger partial charge in [-0.2, -0.15) is 0 Å². The van der Waals surface area contributed by atoms with Gasteiger partial charge in [0.05, 0.1) is 16.7 Å². The fourth-order valence-electron chi connectivity index (χ4n) is 7.00. The zero-order chi connectivity index (χ0) is 24.1. The van der Waals surface area contributed by atoms with Crippen LogP contribution < -0.4 is 0 Å². The van der Waals surface area contributed by atoms with Crippen molar-refractivity contribution >= 4 is 43.6 Å². The lowest BCUT2D eigenvalue weighted by Gasteiger charge is -2.47. The van der Waals surface area contributed by atoms with Crippen LogP contribution in [0.4, 0.5) is 0 Å². The fraction of sp³-hybridized carbons (Fsp3) is 0.273. The van der Waals surface area contributed by atoms with Crippen molar-refractivity contribution in [3.8, 4) is 5.69 Å². The molecule has 0 radical (unpaired) electrons. The molecule has 4 aromatic carbocycles. The van der Waals surface area contributed by atoms with Crippen molar-refractivity contribution in [1.82, 2.24) is 9.55 Å². The third-order valence-corrected chi connectivity index (χ3v) is 9.01. The largest absolute Gasteiger partial charge is 0.354 e. The molecule has 35 heavy (non-hydrogen) atoms. The van der Waals surface area contributed by atoms with E-state index in [1.54, 1.807) is 0 Å². The molecule has 1 N–H and O–H groups in total. The van der Waals surface area contributed by atoms with E-state index in [1.165, 1.54) is 66.8 Å². The number of fused-ring (bicyclic) bond motifs is 8. The monoisotopic (exact) mass is 456 g/mol. The summed E-state index contributed by atoms with van der Waals surface area (Å²) >= 11 is 0. The predicted octanol–water partition coefficient (Wildman–Crippen LogP) is 9.01. The molecule has 1 aliphatic rings. The fourth-order valence-corrected chi connectivity index (χ4v) is 7.00. The molecule has 6 aromatic rings. The van der Waals surface area contributed by atoms with Crippen LogP contribution in [0.5, 0.6) is 0 Å². The van der Waals surface area contributed by atoms with Gasteiger partial charge in [0.25, 0.3) is 0 Å². The second-order valence-corrected chi connectivity index (χ2v) is 11.8. The minimum atomic E-state index is 0.0873. The van der Waals surface area contributed by atoms with Crippen molar-refractivity contribution < 1.29 is 0 Å². The third-order valence-electron chi connectivity index (χ3n) is 9.01. The first-order valence-electron chi connectivity index (χ1n) is 12.9. The van der Waals surface area contributed by atoms with Gasteiger partial charge in [-0.3, -0.25) is 0 Å². The van der Waals surface area contributed by atoms with Crippen LogP contribution in [0.1, 0.15) is 52.2 Å². The van der Waals surface area contributed by atoms with E-state index >= 15 is 0 Å². The lowest BCUT2D eigenvalue weighted by atomic mass is 9.58. The Hall–Kier alpha value is -3.52. The molecule has 0 amide bonds. The quantitative estimate of drug-likeness (QED) is 0.255. The van der Waals surface area contributed by atoms with E-state index in [4.69, 9.17) is 0 Å². The van der Waals surface area contributed by atoms with Crippen molar-refractivity contribution in [2.75, 3.05) is 0 Å². The first-order valence-corrected chi connectivity index (χ1v) is 12.9.